The van der Waals surface area contributed by atoms with Crippen LogP contribution >= 0.6 is 0 Å². The third-order valence-electron chi connectivity index (χ3n) is 3.99. The summed E-state index contributed by atoms with van der Waals surface area (Å²) in [5, 5.41) is 8.52. The molecule has 0 aromatic heterocycles. The third-order valence-corrected chi connectivity index (χ3v) is 3.99. The first-order valence-corrected chi connectivity index (χ1v) is 11.1. The average molecular weight is 451 g/mol. The standard InChI is InChI=1S/C18H36O2.Ca.Mg.H2O4S.4H/c1-2-3-4-5-6-7-8-9-10-11-12-13-14-15-16-17-18(19)20;;;1-5(2,3)4;;;;/h2-17H2,1H3,(H,19,20);;;(H2,1,2,3,4);;;;. The first-order chi connectivity index (χ1) is 11.8. The second-order valence-corrected chi connectivity index (χ2v) is 7.44. The Morgan fingerprint density at radius 2 is 0.889 bits per heavy atom. The van der Waals surface area contributed by atoms with Crippen molar-refractivity contribution in [2.75, 3.05) is 0 Å². The molecule has 0 aliphatic carbocycles. The van der Waals surface area contributed by atoms with Gasteiger partial charge in [0, 0.05) is 6.42 Å². The maximum Gasteiger partial charge on any atom is 0.316 e. The number of unbranched alkanes of at least 4 members (excludes halogenated alkanes) is 14. The molecule has 0 aliphatic rings. The molecule has 0 bridgehead atoms. The predicted molar refractivity (Wildman–Crippen MR) is 118 cm³/mol. The Morgan fingerprint density at radius 3 is 1.11 bits per heavy atom. The van der Waals surface area contributed by atoms with Crippen molar-refractivity contribution in [3.63, 3.8) is 0 Å². The van der Waals surface area contributed by atoms with E-state index in [4.69, 9.17) is 22.6 Å². The van der Waals surface area contributed by atoms with Gasteiger partial charge in [-0.3, -0.25) is 13.9 Å². The second-order valence-electron chi connectivity index (χ2n) is 6.54. The molecule has 0 heterocycles. The first-order valence-electron chi connectivity index (χ1n) is 9.69. The van der Waals surface area contributed by atoms with E-state index in [9.17, 15) is 4.79 Å². The van der Waals surface area contributed by atoms with Crippen LogP contribution in [0.5, 0.6) is 0 Å². The first kappa shape index (κ1) is 35.8. The molecule has 0 saturated carbocycles. The van der Waals surface area contributed by atoms with Gasteiger partial charge in [-0.25, -0.2) is 0 Å². The van der Waals surface area contributed by atoms with Crippen molar-refractivity contribution in [2.45, 2.75) is 110 Å². The van der Waals surface area contributed by atoms with Gasteiger partial charge in [-0.05, 0) is 6.42 Å². The Bertz CT molecular complexity index is 385. The molecule has 0 spiro atoms. The molecule has 0 atom stereocenters. The Morgan fingerprint density at radius 1 is 0.667 bits per heavy atom. The SMILES string of the molecule is CCCCCCCCCCCCCCCCCC(=O)O.O=S(=O)(O)O.[CaH2].[MgH2]. The van der Waals surface area contributed by atoms with Gasteiger partial charge in [0.25, 0.3) is 0 Å². The van der Waals surface area contributed by atoms with Gasteiger partial charge < -0.3 is 5.11 Å². The summed E-state index contributed by atoms with van der Waals surface area (Å²) in [7, 11) is -4.67. The Kier molecular flexibility index (Phi) is 36.3. The van der Waals surface area contributed by atoms with E-state index in [0.717, 1.165) is 12.8 Å². The van der Waals surface area contributed by atoms with E-state index >= 15 is 0 Å². The number of rotatable bonds is 16. The normalized spacial score (nSPS) is 10.2. The van der Waals surface area contributed by atoms with Gasteiger partial charge in [0.15, 0.2) is 0 Å². The summed E-state index contributed by atoms with van der Waals surface area (Å²) in [5.41, 5.74) is 0. The summed E-state index contributed by atoms with van der Waals surface area (Å²) in [5.74, 6) is -0.653. The van der Waals surface area contributed by atoms with Gasteiger partial charge in [0.05, 0.1) is 0 Å². The molecule has 6 nitrogen and oxygen atoms in total. The Balaban J connectivity index is -0.000000333. The molecular weight excluding hydrogens is 409 g/mol. The fourth-order valence-corrected chi connectivity index (χ4v) is 2.65. The molecular formula is C18H42CaMgO6S. The smallest absolute Gasteiger partial charge is 0.316 e. The van der Waals surface area contributed by atoms with E-state index in [1.807, 2.05) is 0 Å². The Labute approximate surface area is 212 Å². The number of aliphatic carboxylic acids is 1. The van der Waals surface area contributed by atoms with Crippen LogP contribution in [0, 0.1) is 0 Å². The van der Waals surface area contributed by atoms with Crippen molar-refractivity contribution in [3.8, 4) is 0 Å². The van der Waals surface area contributed by atoms with Crippen molar-refractivity contribution in [3.05, 3.63) is 0 Å². The molecule has 0 saturated heterocycles. The van der Waals surface area contributed by atoms with Gasteiger partial charge in [0.2, 0.25) is 0 Å². The second kappa shape index (κ2) is 27.4. The molecule has 27 heavy (non-hydrogen) atoms. The zero-order valence-electron chi connectivity index (χ0n) is 15.8. The summed E-state index contributed by atoms with van der Waals surface area (Å²) < 4.78 is 31.6. The van der Waals surface area contributed by atoms with Crippen LogP contribution in [-0.4, -0.2) is 89.4 Å². The molecule has 0 radical (unpaired) electrons. The molecule has 160 valence electrons. The fraction of sp³-hybridized carbons (Fsp3) is 0.944. The average Bonchev–Trinajstić information content (AvgIpc) is 2.49. The van der Waals surface area contributed by atoms with Crippen molar-refractivity contribution in [1.29, 1.82) is 0 Å². The largest absolute Gasteiger partial charge is 0.316 e. The molecule has 9 heteroatoms. The van der Waals surface area contributed by atoms with Gasteiger partial charge in [-0.1, -0.05) is 96.8 Å². The van der Waals surface area contributed by atoms with Crippen molar-refractivity contribution in [1.82, 2.24) is 0 Å². The molecule has 0 aromatic carbocycles. The maximum atomic E-state index is 10.3. The summed E-state index contributed by atoms with van der Waals surface area (Å²) in [6.07, 6.45) is 20.2. The Hall–Kier alpha value is 1.37. The number of carboxylic acids is 1. The molecule has 0 amide bonds. The molecule has 0 aliphatic heterocycles. The summed E-state index contributed by atoms with van der Waals surface area (Å²) in [6.45, 7) is 2.27. The number of hydrogen-bond acceptors (Lipinski definition) is 3. The molecule has 0 aromatic rings. The minimum Gasteiger partial charge on any atom is 0.316 e. The molecule has 0 unspecified atom stereocenters. The van der Waals surface area contributed by atoms with Crippen LogP contribution in [-0.2, 0) is 15.2 Å². The number of hydrogen-bond donors (Lipinski definition) is 3. The van der Waals surface area contributed by atoms with Crippen molar-refractivity contribution >= 4 is 77.2 Å². The fourth-order valence-electron chi connectivity index (χ4n) is 2.65. The minimum absolute atomic E-state index is 0. The van der Waals surface area contributed by atoms with Gasteiger partial charge in [-0.2, -0.15) is 8.42 Å². The number of carboxylic acid groups (broad SMARTS) is 1. The van der Waals surface area contributed by atoms with Gasteiger partial charge in [0.1, 0.15) is 0 Å². The van der Waals surface area contributed by atoms with E-state index in [1.165, 1.54) is 83.5 Å². The monoisotopic (exact) mass is 450 g/mol. The van der Waals surface area contributed by atoms with Crippen LogP contribution in [0.3, 0.4) is 0 Å². The summed E-state index contributed by atoms with van der Waals surface area (Å²) in [4.78, 5) is 10.3. The maximum absolute atomic E-state index is 10.3. The van der Waals surface area contributed by atoms with Gasteiger partial charge in [-0.15, -0.1) is 0 Å². The van der Waals surface area contributed by atoms with E-state index in [-0.39, 0.29) is 60.8 Å². The minimum atomic E-state index is -4.67. The summed E-state index contributed by atoms with van der Waals surface area (Å²) in [6, 6.07) is 0. The van der Waals surface area contributed by atoms with E-state index in [0.29, 0.717) is 6.42 Å². The third kappa shape index (κ3) is 52.2. The van der Waals surface area contributed by atoms with E-state index < -0.39 is 16.4 Å². The molecule has 0 rings (SSSR count). The molecule has 3 N–H and O–H groups in total. The van der Waals surface area contributed by atoms with Crippen LogP contribution in [0.2, 0.25) is 0 Å². The van der Waals surface area contributed by atoms with E-state index in [2.05, 4.69) is 6.92 Å². The van der Waals surface area contributed by atoms with Crippen LogP contribution in [0.1, 0.15) is 110 Å². The van der Waals surface area contributed by atoms with Crippen LogP contribution in [0.4, 0.5) is 0 Å². The molecule has 0 fully saturated rings. The van der Waals surface area contributed by atoms with Crippen molar-refractivity contribution < 1.29 is 27.4 Å². The van der Waals surface area contributed by atoms with Crippen molar-refractivity contribution in [2.24, 2.45) is 0 Å². The predicted octanol–water partition coefficient (Wildman–Crippen LogP) is 3.85. The summed E-state index contributed by atoms with van der Waals surface area (Å²) >= 11 is 0. The van der Waals surface area contributed by atoms with Crippen LogP contribution < -0.4 is 0 Å². The number of carbonyl (C=O) groups is 1. The zero-order valence-corrected chi connectivity index (χ0v) is 16.6. The van der Waals surface area contributed by atoms with E-state index in [1.54, 1.807) is 0 Å². The zero-order chi connectivity index (χ0) is 19.4. The quantitative estimate of drug-likeness (QED) is 0.187. The topological polar surface area (TPSA) is 112 Å². The van der Waals surface area contributed by atoms with Gasteiger partial charge >= 0.3 is 77.2 Å². The van der Waals surface area contributed by atoms with Crippen LogP contribution in [0.15, 0.2) is 0 Å². The van der Waals surface area contributed by atoms with Crippen LogP contribution in [0.25, 0.3) is 0 Å².